The Labute approximate surface area is 142 Å². The molecule has 0 amide bonds. The molecule has 138 valence electrons. The number of carbonyl (C=O) groups excluding carboxylic acids is 1. The van der Waals surface area contributed by atoms with Crippen LogP contribution in [0.4, 0.5) is 0 Å². The van der Waals surface area contributed by atoms with Crippen molar-refractivity contribution in [1.82, 2.24) is 0 Å². The monoisotopic (exact) mass is 350 g/mol. The number of hydrogen-bond acceptors (Lipinski definition) is 5. The van der Waals surface area contributed by atoms with Crippen LogP contribution in [0, 0.1) is 0 Å². The Morgan fingerprint density at radius 3 is 1.70 bits per heavy atom. The first-order valence-electron chi connectivity index (χ1n) is 9.11. The van der Waals surface area contributed by atoms with Crippen molar-refractivity contribution >= 4 is 13.6 Å². The Balaban J connectivity index is 3.45. The fraction of sp³-hybridized carbons (Fsp3) is 0.941. The molecule has 0 heterocycles. The summed E-state index contributed by atoms with van der Waals surface area (Å²) in [5.41, 5.74) is 0. The minimum absolute atomic E-state index is 0.0828. The number of hydrogen-bond donors (Lipinski definition) is 0. The predicted molar refractivity (Wildman–Crippen MR) is 93.9 cm³/mol. The summed E-state index contributed by atoms with van der Waals surface area (Å²) in [5, 5.41) is 0. The molecule has 0 aliphatic heterocycles. The maximum absolute atomic E-state index is 12.2. The average molecular weight is 350 g/mol. The third kappa shape index (κ3) is 13.7. The number of carbonyl (C=O) groups is 1. The number of esters is 1. The molecule has 0 unspecified atom stereocenters. The van der Waals surface area contributed by atoms with E-state index in [4.69, 9.17) is 13.8 Å². The van der Waals surface area contributed by atoms with E-state index in [1.165, 1.54) is 12.8 Å². The normalized spacial score (nSPS) is 11.6. The topological polar surface area (TPSA) is 61.8 Å². The van der Waals surface area contributed by atoms with E-state index in [-0.39, 0.29) is 5.97 Å². The van der Waals surface area contributed by atoms with Crippen LogP contribution in [0.1, 0.15) is 78.6 Å². The summed E-state index contributed by atoms with van der Waals surface area (Å²) in [6, 6.07) is 0. The third-order valence-electron chi connectivity index (χ3n) is 3.52. The highest BCUT2D eigenvalue weighted by Crippen LogP contribution is 2.48. The first-order valence-corrected chi connectivity index (χ1v) is 10.8. The minimum Gasteiger partial charge on any atom is -0.466 e. The van der Waals surface area contributed by atoms with E-state index in [0.29, 0.717) is 32.4 Å². The lowest BCUT2D eigenvalue weighted by Gasteiger charge is -2.16. The molecule has 0 radical (unpaired) electrons. The van der Waals surface area contributed by atoms with Crippen LogP contribution in [0.5, 0.6) is 0 Å². The Hall–Kier alpha value is -0.380. The van der Waals surface area contributed by atoms with Gasteiger partial charge in [0.05, 0.1) is 26.0 Å². The van der Waals surface area contributed by atoms with Gasteiger partial charge in [0.25, 0.3) is 0 Å². The highest BCUT2D eigenvalue weighted by molar-refractivity contribution is 7.53. The summed E-state index contributed by atoms with van der Waals surface area (Å²) in [7, 11) is -2.85. The highest BCUT2D eigenvalue weighted by Gasteiger charge is 2.22. The molecule has 0 saturated carbocycles. The van der Waals surface area contributed by atoms with Crippen LogP contribution in [-0.4, -0.2) is 32.0 Å². The fourth-order valence-corrected chi connectivity index (χ4v) is 4.16. The highest BCUT2D eigenvalue weighted by atomic mass is 31.2. The molecule has 0 saturated heterocycles. The fourth-order valence-electron chi connectivity index (χ4n) is 2.43. The van der Waals surface area contributed by atoms with Gasteiger partial charge in [-0.1, -0.05) is 38.5 Å². The molecule has 6 heteroatoms. The molecule has 0 spiro atoms. The number of ether oxygens (including phenoxy) is 1. The molecule has 0 N–H and O–H groups in total. The zero-order valence-electron chi connectivity index (χ0n) is 15.2. The second-order valence-corrected chi connectivity index (χ2v) is 7.74. The van der Waals surface area contributed by atoms with Crippen LogP contribution < -0.4 is 0 Å². The van der Waals surface area contributed by atoms with Gasteiger partial charge in [-0.15, -0.1) is 0 Å². The van der Waals surface area contributed by atoms with E-state index in [2.05, 4.69) is 0 Å². The van der Waals surface area contributed by atoms with E-state index < -0.39 is 7.60 Å². The first-order chi connectivity index (χ1) is 11.1. The van der Waals surface area contributed by atoms with Gasteiger partial charge in [-0.05, 0) is 33.6 Å². The van der Waals surface area contributed by atoms with Gasteiger partial charge in [-0.25, -0.2) is 0 Å². The second kappa shape index (κ2) is 15.2. The zero-order chi connectivity index (χ0) is 17.4. The maximum atomic E-state index is 12.2. The summed E-state index contributed by atoms with van der Waals surface area (Å²) in [6.45, 7) is 6.85. The molecule has 0 atom stereocenters. The molecule has 0 aromatic carbocycles. The maximum Gasteiger partial charge on any atom is 0.330 e. The van der Waals surface area contributed by atoms with Crippen molar-refractivity contribution < 1.29 is 23.1 Å². The van der Waals surface area contributed by atoms with Gasteiger partial charge in [0.15, 0.2) is 0 Å². The van der Waals surface area contributed by atoms with Gasteiger partial charge in [-0.3, -0.25) is 9.36 Å². The van der Waals surface area contributed by atoms with Crippen LogP contribution >= 0.6 is 7.60 Å². The smallest absolute Gasteiger partial charge is 0.330 e. The van der Waals surface area contributed by atoms with Crippen molar-refractivity contribution in [1.29, 1.82) is 0 Å². The summed E-state index contributed by atoms with van der Waals surface area (Å²) >= 11 is 0. The third-order valence-corrected chi connectivity index (χ3v) is 5.69. The molecule has 0 aromatic rings. The standard InChI is InChI=1S/C17H35O5P/c1-4-20-17(18)15-13-11-9-7-8-10-12-14-16-23(19,21-5-2)22-6-3/h4-16H2,1-3H3. The lowest BCUT2D eigenvalue weighted by Crippen LogP contribution is -2.03. The lowest BCUT2D eigenvalue weighted by molar-refractivity contribution is -0.143. The molecule has 0 aromatic heterocycles. The molecule has 0 fully saturated rings. The summed E-state index contributed by atoms with van der Waals surface area (Å²) in [6.07, 6.45) is 9.71. The minimum atomic E-state index is -2.85. The van der Waals surface area contributed by atoms with Gasteiger partial charge < -0.3 is 13.8 Å². The number of rotatable bonds is 16. The zero-order valence-corrected chi connectivity index (χ0v) is 16.1. The van der Waals surface area contributed by atoms with Gasteiger partial charge in [0, 0.05) is 6.42 Å². The van der Waals surface area contributed by atoms with E-state index in [1.807, 2.05) is 20.8 Å². The first kappa shape index (κ1) is 22.6. The lowest BCUT2D eigenvalue weighted by atomic mass is 10.1. The van der Waals surface area contributed by atoms with Crippen LogP contribution in [0.2, 0.25) is 0 Å². The second-order valence-electron chi connectivity index (χ2n) is 5.55. The van der Waals surface area contributed by atoms with Gasteiger partial charge in [0.1, 0.15) is 0 Å². The van der Waals surface area contributed by atoms with E-state index in [1.54, 1.807) is 0 Å². The van der Waals surface area contributed by atoms with Gasteiger partial charge in [-0.2, -0.15) is 0 Å². The summed E-state index contributed by atoms with van der Waals surface area (Å²) in [4.78, 5) is 11.2. The summed E-state index contributed by atoms with van der Waals surface area (Å²) in [5.74, 6) is -0.0828. The van der Waals surface area contributed by atoms with E-state index >= 15 is 0 Å². The SMILES string of the molecule is CCOC(=O)CCCCCCCCCCP(=O)(OCC)OCC. The van der Waals surface area contributed by atoms with Crippen LogP contribution in [0.15, 0.2) is 0 Å². The Morgan fingerprint density at radius 2 is 1.22 bits per heavy atom. The van der Waals surface area contributed by atoms with Crippen LogP contribution in [-0.2, 0) is 23.1 Å². The van der Waals surface area contributed by atoms with Crippen molar-refractivity contribution in [3.63, 3.8) is 0 Å². The molecular formula is C17H35O5P. The van der Waals surface area contributed by atoms with Crippen molar-refractivity contribution in [3.8, 4) is 0 Å². The van der Waals surface area contributed by atoms with Crippen molar-refractivity contribution in [2.75, 3.05) is 26.0 Å². The number of unbranched alkanes of at least 4 members (excludes halogenated alkanes) is 7. The molecule has 0 aliphatic rings. The average Bonchev–Trinajstić information content (AvgIpc) is 2.50. The molecule has 0 aliphatic carbocycles. The van der Waals surface area contributed by atoms with Gasteiger partial charge >= 0.3 is 13.6 Å². The Morgan fingerprint density at radius 1 is 0.739 bits per heavy atom. The van der Waals surface area contributed by atoms with Crippen LogP contribution in [0.3, 0.4) is 0 Å². The van der Waals surface area contributed by atoms with E-state index in [9.17, 15) is 9.36 Å². The molecule has 5 nitrogen and oxygen atoms in total. The van der Waals surface area contributed by atoms with Crippen molar-refractivity contribution in [2.45, 2.75) is 78.6 Å². The van der Waals surface area contributed by atoms with Gasteiger partial charge in [0.2, 0.25) is 0 Å². The van der Waals surface area contributed by atoms with E-state index in [0.717, 1.165) is 38.5 Å². The molecular weight excluding hydrogens is 315 g/mol. The Kier molecular flexibility index (Phi) is 14.9. The largest absolute Gasteiger partial charge is 0.466 e. The molecule has 0 bridgehead atoms. The molecule has 23 heavy (non-hydrogen) atoms. The van der Waals surface area contributed by atoms with Crippen LogP contribution in [0.25, 0.3) is 0 Å². The molecule has 0 rings (SSSR count). The predicted octanol–water partition coefficient (Wildman–Crippen LogP) is 5.33. The van der Waals surface area contributed by atoms with Crippen molar-refractivity contribution in [2.24, 2.45) is 0 Å². The summed E-state index contributed by atoms with van der Waals surface area (Å²) < 4.78 is 27.7. The van der Waals surface area contributed by atoms with Crippen molar-refractivity contribution in [3.05, 3.63) is 0 Å². The Bertz CT molecular complexity index is 323. The quantitative estimate of drug-likeness (QED) is 0.214.